The summed E-state index contributed by atoms with van der Waals surface area (Å²) < 4.78 is 31.1. The Hall–Kier alpha value is -3.33. The van der Waals surface area contributed by atoms with E-state index in [4.69, 9.17) is 0 Å². The summed E-state index contributed by atoms with van der Waals surface area (Å²) in [7, 11) is -2.33. The van der Waals surface area contributed by atoms with Crippen LogP contribution < -0.4 is 15.6 Å². The van der Waals surface area contributed by atoms with E-state index in [1.165, 1.54) is 28.9 Å². The van der Waals surface area contributed by atoms with Gasteiger partial charge in [0.05, 0.1) is 16.3 Å². The van der Waals surface area contributed by atoms with E-state index in [1.54, 1.807) is 42.9 Å². The summed E-state index contributed by atoms with van der Waals surface area (Å²) in [6.07, 6.45) is 0. The molecule has 1 aromatic heterocycles. The van der Waals surface area contributed by atoms with Gasteiger partial charge < -0.3 is 5.32 Å². The van der Waals surface area contributed by atoms with Crippen molar-refractivity contribution in [2.24, 2.45) is 7.05 Å². The fourth-order valence-electron chi connectivity index (χ4n) is 3.01. The van der Waals surface area contributed by atoms with E-state index in [-0.39, 0.29) is 22.5 Å². The average molecular weight is 429 g/mol. The lowest BCUT2D eigenvalue weighted by molar-refractivity contribution is 0.0943. The lowest BCUT2D eigenvalue weighted by Crippen LogP contribution is -2.30. The van der Waals surface area contributed by atoms with Crippen molar-refractivity contribution in [2.45, 2.75) is 31.7 Å². The van der Waals surface area contributed by atoms with Gasteiger partial charge in [0.25, 0.3) is 21.5 Å². The van der Waals surface area contributed by atoms with Crippen LogP contribution in [0, 0.1) is 6.92 Å². The van der Waals surface area contributed by atoms with E-state index >= 15 is 0 Å². The third kappa shape index (κ3) is 4.16. The van der Waals surface area contributed by atoms with Gasteiger partial charge in [0.2, 0.25) is 0 Å². The molecule has 1 amide bonds. The third-order valence-corrected chi connectivity index (χ3v) is 6.00. The topological polar surface area (TPSA) is 102 Å². The van der Waals surface area contributed by atoms with Gasteiger partial charge >= 0.3 is 0 Å². The van der Waals surface area contributed by atoms with Crippen LogP contribution in [-0.2, 0) is 17.1 Å². The Bertz CT molecular complexity index is 1220. The van der Waals surface area contributed by atoms with Gasteiger partial charge in [-0.3, -0.25) is 19.0 Å². The van der Waals surface area contributed by atoms with Crippen LogP contribution in [0.3, 0.4) is 0 Å². The van der Waals surface area contributed by atoms with Crippen molar-refractivity contribution < 1.29 is 13.2 Å². The molecule has 3 aromatic rings. The number of benzene rings is 2. The number of carbonyl (C=O) groups is 1. The van der Waals surface area contributed by atoms with Gasteiger partial charge in [-0.2, -0.15) is 0 Å². The SMILES string of the molecule is Cc1c(NS(=O)(=O)c2ccc(C(=O)NC(C)C)cc2)c(=O)n(-c2ccccc2)n1C. The monoisotopic (exact) mass is 428 g/mol. The summed E-state index contributed by atoms with van der Waals surface area (Å²) in [4.78, 5) is 24.9. The number of anilines is 1. The fraction of sp³-hybridized carbons (Fsp3) is 0.238. The number of hydrogen-bond acceptors (Lipinski definition) is 4. The molecule has 0 radical (unpaired) electrons. The molecule has 3 rings (SSSR count). The maximum atomic E-state index is 12.9. The van der Waals surface area contributed by atoms with Crippen LogP contribution in [0.1, 0.15) is 29.9 Å². The lowest BCUT2D eigenvalue weighted by atomic mass is 10.2. The van der Waals surface area contributed by atoms with Gasteiger partial charge in [-0.25, -0.2) is 13.1 Å². The van der Waals surface area contributed by atoms with Crippen molar-refractivity contribution in [3.8, 4) is 5.69 Å². The Morgan fingerprint density at radius 3 is 2.17 bits per heavy atom. The Morgan fingerprint density at radius 2 is 1.60 bits per heavy atom. The van der Waals surface area contributed by atoms with Crippen LogP contribution in [-0.4, -0.2) is 29.7 Å². The van der Waals surface area contributed by atoms with Crippen LogP contribution in [0.4, 0.5) is 5.69 Å². The lowest BCUT2D eigenvalue weighted by Gasteiger charge is -2.10. The molecule has 30 heavy (non-hydrogen) atoms. The standard InChI is InChI=1S/C21H24N4O4S/c1-14(2)22-20(26)16-10-12-18(13-11-16)30(28,29)23-19-15(3)24(4)25(21(19)27)17-8-6-5-7-9-17/h5-14,23H,1-4H3,(H,22,26). The molecule has 0 atom stereocenters. The van der Waals surface area contributed by atoms with Gasteiger partial charge in [0, 0.05) is 18.7 Å². The molecule has 0 unspecified atom stereocenters. The van der Waals surface area contributed by atoms with Crippen LogP contribution >= 0.6 is 0 Å². The van der Waals surface area contributed by atoms with Crippen molar-refractivity contribution in [1.82, 2.24) is 14.7 Å². The summed E-state index contributed by atoms with van der Waals surface area (Å²) >= 11 is 0. The molecule has 0 spiro atoms. The minimum atomic E-state index is -4.02. The first-order chi connectivity index (χ1) is 14.1. The smallest absolute Gasteiger partial charge is 0.296 e. The number of hydrogen-bond donors (Lipinski definition) is 2. The normalized spacial score (nSPS) is 11.5. The zero-order valence-electron chi connectivity index (χ0n) is 17.2. The number of rotatable bonds is 6. The molecule has 2 aromatic carbocycles. The zero-order valence-corrected chi connectivity index (χ0v) is 18.0. The highest BCUT2D eigenvalue weighted by Crippen LogP contribution is 2.19. The summed E-state index contributed by atoms with van der Waals surface area (Å²) in [6.45, 7) is 5.34. The molecule has 0 aliphatic rings. The number of carbonyl (C=O) groups excluding carboxylic acids is 1. The maximum absolute atomic E-state index is 12.9. The molecule has 2 N–H and O–H groups in total. The molecule has 0 aliphatic carbocycles. The van der Waals surface area contributed by atoms with Gasteiger partial charge in [-0.15, -0.1) is 0 Å². The molecule has 9 heteroatoms. The first-order valence-corrected chi connectivity index (χ1v) is 10.9. The van der Waals surface area contributed by atoms with E-state index < -0.39 is 15.6 Å². The van der Waals surface area contributed by atoms with E-state index in [1.807, 2.05) is 19.9 Å². The van der Waals surface area contributed by atoms with Crippen LogP contribution in [0.5, 0.6) is 0 Å². The second-order valence-electron chi connectivity index (χ2n) is 7.19. The van der Waals surface area contributed by atoms with E-state index in [2.05, 4.69) is 10.0 Å². The molecule has 158 valence electrons. The largest absolute Gasteiger partial charge is 0.350 e. The zero-order chi connectivity index (χ0) is 22.1. The van der Waals surface area contributed by atoms with Crippen molar-refractivity contribution in [3.05, 3.63) is 76.2 Å². The van der Waals surface area contributed by atoms with Crippen molar-refractivity contribution in [1.29, 1.82) is 0 Å². The minimum absolute atomic E-state index is 0.0250. The number of nitrogens with one attached hydrogen (secondary N) is 2. The second-order valence-corrected chi connectivity index (χ2v) is 8.88. The third-order valence-electron chi connectivity index (χ3n) is 4.64. The van der Waals surface area contributed by atoms with Crippen molar-refractivity contribution >= 4 is 21.6 Å². The Morgan fingerprint density at radius 1 is 1.00 bits per heavy atom. The Kier molecular flexibility index (Phi) is 5.84. The molecule has 8 nitrogen and oxygen atoms in total. The van der Waals surface area contributed by atoms with Crippen molar-refractivity contribution in [2.75, 3.05) is 4.72 Å². The number of nitrogens with zero attached hydrogens (tertiary/aromatic N) is 2. The molecule has 0 saturated heterocycles. The van der Waals surface area contributed by atoms with Gasteiger partial charge in [0.15, 0.2) is 0 Å². The van der Waals surface area contributed by atoms with E-state index in [9.17, 15) is 18.0 Å². The van der Waals surface area contributed by atoms with Crippen LogP contribution in [0.2, 0.25) is 0 Å². The van der Waals surface area contributed by atoms with E-state index in [0.717, 1.165) is 0 Å². The van der Waals surface area contributed by atoms with E-state index in [0.29, 0.717) is 16.9 Å². The van der Waals surface area contributed by atoms with Crippen molar-refractivity contribution in [3.63, 3.8) is 0 Å². The highest BCUT2D eigenvalue weighted by molar-refractivity contribution is 7.92. The predicted octanol–water partition coefficient (Wildman–Crippen LogP) is 2.42. The summed E-state index contributed by atoms with van der Waals surface area (Å²) in [5.74, 6) is -0.286. The second kappa shape index (κ2) is 8.19. The quantitative estimate of drug-likeness (QED) is 0.629. The molecule has 1 heterocycles. The predicted molar refractivity (Wildman–Crippen MR) is 116 cm³/mol. The van der Waals surface area contributed by atoms with Crippen LogP contribution in [0.15, 0.2) is 64.3 Å². The number of amides is 1. The highest BCUT2D eigenvalue weighted by Gasteiger charge is 2.22. The minimum Gasteiger partial charge on any atom is -0.350 e. The first kappa shape index (κ1) is 21.4. The molecular weight excluding hydrogens is 404 g/mol. The molecule has 0 aliphatic heterocycles. The number of aromatic nitrogens is 2. The Labute approximate surface area is 175 Å². The maximum Gasteiger partial charge on any atom is 0.296 e. The number of sulfonamides is 1. The molecule has 0 saturated carbocycles. The van der Waals surface area contributed by atoms with Crippen LogP contribution in [0.25, 0.3) is 5.69 Å². The van der Waals surface area contributed by atoms with Gasteiger partial charge in [-0.05, 0) is 57.2 Å². The molecule has 0 bridgehead atoms. The average Bonchev–Trinajstić information content (AvgIpc) is 2.91. The summed E-state index contributed by atoms with van der Waals surface area (Å²) in [6, 6.07) is 14.5. The first-order valence-electron chi connectivity index (χ1n) is 9.39. The Balaban J connectivity index is 1.93. The fourth-order valence-corrected chi connectivity index (χ4v) is 4.13. The summed E-state index contributed by atoms with van der Waals surface area (Å²) in [5, 5.41) is 2.75. The van der Waals surface area contributed by atoms with Gasteiger partial charge in [-0.1, -0.05) is 18.2 Å². The highest BCUT2D eigenvalue weighted by atomic mass is 32.2. The number of para-hydroxylation sites is 1. The summed E-state index contributed by atoms with van der Waals surface area (Å²) in [5.41, 5.74) is 0.949. The molecular formula is C21H24N4O4S. The van der Waals surface area contributed by atoms with Gasteiger partial charge in [0.1, 0.15) is 5.69 Å². The molecule has 0 fully saturated rings.